The van der Waals surface area contributed by atoms with E-state index in [1.165, 1.54) is 6.92 Å². The highest BCUT2D eigenvalue weighted by Gasteiger charge is 2.15. The van der Waals surface area contributed by atoms with Gasteiger partial charge >= 0.3 is 0 Å². The maximum atomic E-state index is 12.3. The predicted molar refractivity (Wildman–Crippen MR) is 44.9 cm³/mol. The molecule has 13 heavy (non-hydrogen) atoms. The fraction of sp³-hybridized carbons (Fsp3) is 0.375. The molecule has 1 N–H and O–H groups in total. The van der Waals surface area contributed by atoms with Gasteiger partial charge in [0.2, 0.25) is 0 Å². The number of aromatic nitrogens is 1. The second-order valence-electron chi connectivity index (χ2n) is 2.57. The first-order valence-corrected chi connectivity index (χ1v) is 3.98. The third kappa shape index (κ3) is 1.95. The van der Waals surface area contributed by atoms with Crippen molar-refractivity contribution in [2.75, 3.05) is 0 Å². The van der Waals surface area contributed by atoms with Gasteiger partial charge in [0.25, 0.3) is 6.43 Å². The molecule has 0 unspecified atom stereocenters. The predicted octanol–water partition coefficient (Wildman–Crippen LogP) is 2.47. The molecule has 72 valence electrons. The number of hydrogen-bond acceptors (Lipinski definition) is 2. The van der Waals surface area contributed by atoms with Crippen molar-refractivity contribution in [3.05, 3.63) is 28.0 Å². The van der Waals surface area contributed by atoms with Crippen molar-refractivity contribution in [2.45, 2.75) is 20.0 Å². The van der Waals surface area contributed by atoms with Crippen LogP contribution in [0.4, 0.5) is 8.78 Å². The molecule has 0 bridgehead atoms. The van der Waals surface area contributed by atoms with Crippen molar-refractivity contribution in [3.63, 3.8) is 0 Å². The number of nitrogens with zero attached hydrogens (tertiary/aromatic N) is 1. The molecule has 5 heteroatoms. The first-order valence-electron chi connectivity index (χ1n) is 3.60. The Morgan fingerprint density at radius 2 is 2.23 bits per heavy atom. The summed E-state index contributed by atoms with van der Waals surface area (Å²) >= 11 is 5.59. The molecule has 0 saturated heterocycles. The summed E-state index contributed by atoms with van der Waals surface area (Å²) in [6.45, 7) is 1.11. The highest BCUT2D eigenvalue weighted by atomic mass is 35.5. The van der Waals surface area contributed by atoms with E-state index in [-0.39, 0.29) is 22.9 Å². The van der Waals surface area contributed by atoms with Crippen LogP contribution in [0, 0.1) is 6.92 Å². The second kappa shape index (κ2) is 3.98. The molecule has 0 aromatic carbocycles. The van der Waals surface area contributed by atoms with Crippen LogP contribution in [0.2, 0.25) is 5.15 Å². The average molecular weight is 208 g/mol. The van der Waals surface area contributed by atoms with E-state index < -0.39 is 6.43 Å². The van der Waals surface area contributed by atoms with Gasteiger partial charge in [-0.25, -0.2) is 13.8 Å². The lowest BCUT2D eigenvalue weighted by Gasteiger charge is -2.09. The highest BCUT2D eigenvalue weighted by molar-refractivity contribution is 6.30. The number of halogens is 3. The highest BCUT2D eigenvalue weighted by Crippen LogP contribution is 2.27. The zero-order chi connectivity index (χ0) is 10.0. The summed E-state index contributed by atoms with van der Waals surface area (Å²) in [4.78, 5) is 3.56. The monoisotopic (exact) mass is 207 g/mol. The fourth-order valence-corrected chi connectivity index (χ4v) is 1.28. The summed E-state index contributed by atoms with van der Waals surface area (Å²) in [6.07, 6.45) is -1.56. The maximum absolute atomic E-state index is 12.3. The van der Waals surface area contributed by atoms with Crippen LogP contribution in [-0.4, -0.2) is 10.1 Å². The number of aliphatic hydroxyl groups is 1. The minimum Gasteiger partial charge on any atom is -0.392 e. The lowest BCUT2D eigenvalue weighted by atomic mass is 10.1. The minimum atomic E-state index is -2.59. The van der Waals surface area contributed by atoms with Crippen molar-refractivity contribution < 1.29 is 13.9 Å². The molecule has 1 rings (SSSR count). The molecule has 0 amide bonds. The van der Waals surface area contributed by atoms with Crippen LogP contribution < -0.4 is 0 Å². The normalized spacial score (nSPS) is 10.9. The Hall–Kier alpha value is -0.740. The van der Waals surface area contributed by atoms with Gasteiger partial charge in [-0.1, -0.05) is 11.6 Å². The Balaban J connectivity index is 3.27. The molecule has 0 spiro atoms. The van der Waals surface area contributed by atoms with Crippen molar-refractivity contribution in [1.29, 1.82) is 0 Å². The van der Waals surface area contributed by atoms with E-state index in [4.69, 9.17) is 16.7 Å². The summed E-state index contributed by atoms with van der Waals surface area (Å²) in [6, 6.07) is 0. The Morgan fingerprint density at radius 3 is 2.69 bits per heavy atom. The average Bonchev–Trinajstić information content (AvgIpc) is 2.04. The van der Waals surface area contributed by atoms with E-state index >= 15 is 0 Å². The van der Waals surface area contributed by atoms with Gasteiger partial charge in [-0.05, 0) is 12.5 Å². The number of rotatable bonds is 2. The van der Waals surface area contributed by atoms with Crippen LogP contribution in [0.15, 0.2) is 6.20 Å². The number of aliphatic hydroxyl groups excluding tert-OH is 1. The quantitative estimate of drug-likeness (QED) is 0.756. The van der Waals surface area contributed by atoms with Crippen LogP contribution in [0.25, 0.3) is 0 Å². The standard InChI is InChI=1S/C8H8ClF2NO/c1-4-5(8(10)11)2-12-7(9)6(4)3-13/h2,8,13H,3H2,1H3. The lowest BCUT2D eigenvalue weighted by Crippen LogP contribution is -1.99. The number of pyridine rings is 1. The smallest absolute Gasteiger partial charge is 0.265 e. The molecule has 2 nitrogen and oxygen atoms in total. The third-order valence-electron chi connectivity index (χ3n) is 1.84. The summed E-state index contributed by atoms with van der Waals surface area (Å²) in [5.74, 6) is 0. The first-order chi connectivity index (χ1) is 6.07. The molecule has 0 aliphatic heterocycles. The molecular formula is C8H8ClF2NO. The van der Waals surface area contributed by atoms with Crippen molar-refractivity contribution in [3.8, 4) is 0 Å². The molecule has 0 aliphatic rings. The summed E-state index contributed by atoms with van der Waals surface area (Å²) in [5, 5.41) is 8.91. The van der Waals surface area contributed by atoms with Gasteiger partial charge in [0.05, 0.1) is 6.61 Å². The molecule has 0 atom stereocenters. The van der Waals surface area contributed by atoms with Gasteiger partial charge in [-0.15, -0.1) is 0 Å². The van der Waals surface area contributed by atoms with Crippen molar-refractivity contribution in [2.24, 2.45) is 0 Å². The van der Waals surface area contributed by atoms with Gasteiger partial charge in [-0.2, -0.15) is 0 Å². The molecular weight excluding hydrogens is 200 g/mol. The van der Waals surface area contributed by atoms with E-state index in [9.17, 15) is 8.78 Å². The van der Waals surface area contributed by atoms with E-state index in [1.54, 1.807) is 0 Å². The molecule has 0 saturated carbocycles. The third-order valence-corrected chi connectivity index (χ3v) is 2.17. The Morgan fingerprint density at radius 1 is 1.62 bits per heavy atom. The van der Waals surface area contributed by atoms with Crippen LogP contribution in [-0.2, 0) is 6.61 Å². The minimum absolute atomic E-state index is 0.0735. The largest absolute Gasteiger partial charge is 0.392 e. The Labute approximate surface area is 79.2 Å². The van der Waals surface area contributed by atoms with Crippen LogP contribution >= 0.6 is 11.6 Å². The summed E-state index contributed by atoms with van der Waals surface area (Å²) in [5.41, 5.74) is 0.380. The molecule has 0 fully saturated rings. The zero-order valence-electron chi connectivity index (χ0n) is 6.89. The molecule has 0 radical (unpaired) electrons. The van der Waals surface area contributed by atoms with Crippen molar-refractivity contribution in [1.82, 2.24) is 4.98 Å². The van der Waals surface area contributed by atoms with Crippen LogP contribution in [0.1, 0.15) is 23.1 Å². The molecule has 1 aromatic rings. The lowest BCUT2D eigenvalue weighted by molar-refractivity contribution is 0.149. The second-order valence-corrected chi connectivity index (χ2v) is 2.92. The Kier molecular flexibility index (Phi) is 3.17. The van der Waals surface area contributed by atoms with Gasteiger partial charge < -0.3 is 5.11 Å². The fourth-order valence-electron chi connectivity index (χ4n) is 1.03. The van der Waals surface area contributed by atoms with E-state index in [0.717, 1.165) is 6.20 Å². The molecule has 1 heterocycles. The van der Waals surface area contributed by atoms with E-state index in [2.05, 4.69) is 4.98 Å². The zero-order valence-corrected chi connectivity index (χ0v) is 7.65. The topological polar surface area (TPSA) is 33.1 Å². The van der Waals surface area contributed by atoms with Crippen LogP contribution in [0.5, 0.6) is 0 Å². The van der Waals surface area contributed by atoms with Gasteiger partial charge in [0, 0.05) is 17.3 Å². The maximum Gasteiger partial charge on any atom is 0.265 e. The SMILES string of the molecule is Cc1c(C(F)F)cnc(Cl)c1CO. The van der Waals surface area contributed by atoms with Crippen LogP contribution in [0.3, 0.4) is 0 Å². The number of alkyl halides is 2. The molecule has 1 aromatic heterocycles. The number of hydrogen-bond donors (Lipinski definition) is 1. The van der Waals surface area contributed by atoms with Gasteiger partial charge in [-0.3, -0.25) is 0 Å². The molecule has 0 aliphatic carbocycles. The van der Waals surface area contributed by atoms with Gasteiger partial charge in [0.1, 0.15) is 5.15 Å². The van der Waals surface area contributed by atoms with E-state index in [1.807, 2.05) is 0 Å². The van der Waals surface area contributed by atoms with Gasteiger partial charge in [0.15, 0.2) is 0 Å². The first kappa shape index (κ1) is 10.3. The van der Waals surface area contributed by atoms with Crippen molar-refractivity contribution >= 4 is 11.6 Å². The summed E-state index contributed by atoms with van der Waals surface area (Å²) < 4.78 is 24.6. The summed E-state index contributed by atoms with van der Waals surface area (Å²) in [7, 11) is 0. The van der Waals surface area contributed by atoms with E-state index in [0.29, 0.717) is 5.56 Å². The Bertz CT molecular complexity index is 317.